The molecule has 0 fully saturated rings. The van der Waals surface area contributed by atoms with Gasteiger partial charge in [-0.3, -0.25) is 9.78 Å². The summed E-state index contributed by atoms with van der Waals surface area (Å²) in [7, 11) is 1.62. The topological polar surface area (TPSA) is 64.1 Å². The zero-order chi connectivity index (χ0) is 15.2. The van der Waals surface area contributed by atoms with E-state index in [9.17, 15) is 4.79 Å². The molecular weight excluding hydrogens is 290 g/mol. The highest BCUT2D eigenvalue weighted by Crippen LogP contribution is 2.27. The van der Waals surface area contributed by atoms with Gasteiger partial charge in [0, 0.05) is 24.0 Å². The van der Waals surface area contributed by atoms with Crippen LogP contribution in [0.25, 0.3) is 0 Å². The van der Waals surface area contributed by atoms with E-state index < -0.39 is 0 Å². The lowest BCUT2D eigenvalue weighted by Gasteiger charge is -2.12. The fraction of sp³-hybridized carbons (Fsp3) is 0.267. The van der Waals surface area contributed by atoms with Crippen molar-refractivity contribution in [1.29, 1.82) is 0 Å². The number of ether oxygens (including phenoxy) is 1. The summed E-state index contributed by atoms with van der Waals surface area (Å²) in [5.74, 6) is 0.550. The highest BCUT2D eigenvalue weighted by molar-refractivity contribution is 6.30. The summed E-state index contributed by atoms with van der Waals surface area (Å²) in [4.78, 5) is 19.7. The van der Waals surface area contributed by atoms with Gasteiger partial charge >= 0.3 is 0 Å². The summed E-state index contributed by atoms with van der Waals surface area (Å²) >= 11 is 6.06. The molecule has 1 aromatic carbocycles. The van der Waals surface area contributed by atoms with Gasteiger partial charge in [0.15, 0.2) is 0 Å². The molecule has 5 nitrogen and oxygen atoms in total. The van der Waals surface area contributed by atoms with Gasteiger partial charge in [-0.05, 0) is 36.6 Å². The first-order chi connectivity index (χ1) is 10.1. The Balaban J connectivity index is 1.99. The number of hydrogen-bond acceptors (Lipinski definition) is 4. The first kappa shape index (κ1) is 15.3. The highest BCUT2D eigenvalue weighted by Gasteiger charge is 2.10. The van der Waals surface area contributed by atoms with Gasteiger partial charge in [-0.1, -0.05) is 11.6 Å². The molecule has 0 saturated carbocycles. The molecule has 1 heterocycles. The van der Waals surface area contributed by atoms with Crippen LogP contribution in [0.2, 0.25) is 5.02 Å². The normalized spacial score (nSPS) is 10.2. The number of nitrogens with one attached hydrogen (secondary N) is 1. The lowest BCUT2D eigenvalue weighted by molar-refractivity contribution is 0.0948. The number of benzene rings is 1. The molecule has 1 N–H and O–H groups in total. The second-order valence-electron chi connectivity index (χ2n) is 4.51. The van der Waals surface area contributed by atoms with E-state index in [1.54, 1.807) is 7.11 Å². The summed E-state index contributed by atoms with van der Waals surface area (Å²) < 4.78 is 5.38. The van der Waals surface area contributed by atoms with Gasteiger partial charge in [-0.25, -0.2) is 4.98 Å². The molecule has 6 heteroatoms. The molecule has 0 bridgehead atoms. The monoisotopic (exact) mass is 305 g/mol. The van der Waals surface area contributed by atoms with Crippen LogP contribution >= 0.6 is 11.6 Å². The molecule has 1 aromatic heterocycles. The number of aryl methyl sites for hydroxylation is 1. The van der Waals surface area contributed by atoms with Crippen molar-refractivity contribution in [2.75, 3.05) is 13.7 Å². The van der Waals surface area contributed by atoms with E-state index in [-0.39, 0.29) is 5.91 Å². The Bertz CT molecular complexity index is 632. The van der Waals surface area contributed by atoms with E-state index in [0.717, 1.165) is 16.9 Å². The van der Waals surface area contributed by atoms with Crippen LogP contribution in [-0.2, 0) is 6.42 Å². The summed E-state index contributed by atoms with van der Waals surface area (Å²) in [6, 6.07) is 3.70. The number of hydrogen-bond donors (Lipinski definition) is 1. The average molecular weight is 306 g/mol. The number of carbonyl (C=O) groups is 1. The van der Waals surface area contributed by atoms with Crippen molar-refractivity contribution in [1.82, 2.24) is 15.3 Å². The summed E-state index contributed by atoms with van der Waals surface area (Å²) in [6.45, 7) is 2.40. The van der Waals surface area contributed by atoms with E-state index in [1.165, 1.54) is 18.6 Å². The number of halogens is 1. The van der Waals surface area contributed by atoms with Crippen LogP contribution in [-0.4, -0.2) is 29.5 Å². The Morgan fingerprint density at radius 3 is 2.86 bits per heavy atom. The average Bonchev–Trinajstić information content (AvgIpc) is 2.47. The molecular formula is C15H16ClN3O2. The Kier molecular flexibility index (Phi) is 5.11. The third kappa shape index (κ3) is 3.92. The highest BCUT2D eigenvalue weighted by atomic mass is 35.5. The van der Waals surface area contributed by atoms with Gasteiger partial charge in [0.2, 0.25) is 0 Å². The number of carbonyl (C=O) groups excluding carboxylic acids is 1. The van der Waals surface area contributed by atoms with Crippen LogP contribution in [0.5, 0.6) is 5.75 Å². The molecule has 0 atom stereocenters. The summed E-state index contributed by atoms with van der Waals surface area (Å²) in [5, 5.41) is 3.45. The van der Waals surface area contributed by atoms with Crippen LogP contribution in [0.15, 0.2) is 30.7 Å². The number of rotatable bonds is 5. The first-order valence-corrected chi connectivity index (χ1v) is 6.87. The van der Waals surface area contributed by atoms with E-state index in [2.05, 4.69) is 15.3 Å². The molecule has 0 spiro atoms. The SMILES string of the molecule is COc1c(C)cc(Cl)cc1CCNC(=O)c1cnccn1. The van der Waals surface area contributed by atoms with Crippen molar-refractivity contribution in [2.24, 2.45) is 0 Å². The largest absolute Gasteiger partial charge is 0.496 e. The van der Waals surface area contributed by atoms with Gasteiger partial charge in [0.25, 0.3) is 5.91 Å². The van der Waals surface area contributed by atoms with Crippen molar-refractivity contribution in [2.45, 2.75) is 13.3 Å². The predicted molar refractivity (Wildman–Crippen MR) is 80.8 cm³/mol. The zero-order valence-corrected chi connectivity index (χ0v) is 12.6. The van der Waals surface area contributed by atoms with Crippen LogP contribution in [0, 0.1) is 6.92 Å². The van der Waals surface area contributed by atoms with Gasteiger partial charge in [-0.2, -0.15) is 0 Å². The zero-order valence-electron chi connectivity index (χ0n) is 11.9. The molecule has 21 heavy (non-hydrogen) atoms. The van der Waals surface area contributed by atoms with Gasteiger partial charge < -0.3 is 10.1 Å². The molecule has 1 amide bonds. The maximum Gasteiger partial charge on any atom is 0.271 e. The minimum atomic E-state index is -0.249. The van der Waals surface area contributed by atoms with E-state index in [1.807, 2.05) is 19.1 Å². The van der Waals surface area contributed by atoms with Gasteiger partial charge in [0.1, 0.15) is 11.4 Å². The summed E-state index contributed by atoms with van der Waals surface area (Å²) in [6.07, 6.45) is 5.06. The standard InChI is InChI=1S/C15H16ClN3O2/c1-10-7-12(16)8-11(14(10)21-2)3-4-19-15(20)13-9-17-5-6-18-13/h5-9H,3-4H2,1-2H3,(H,19,20). The molecule has 0 unspecified atom stereocenters. The number of aromatic nitrogens is 2. The molecule has 0 aliphatic carbocycles. The Labute approximate surface area is 128 Å². The predicted octanol–water partition coefficient (Wildman–Crippen LogP) is 2.42. The maximum atomic E-state index is 11.9. The summed E-state index contributed by atoms with van der Waals surface area (Å²) in [5.41, 5.74) is 2.23. The number of nitrogens with zero attached hydrogens (tertiary/aromatic N) is 2. The van der Waals surface area contributed by atoms with Gasteiger partial charge in [-0.15, -0.1) is 0 Å². The van der Waals surface area contributed by atoms with Crippen molar-refractivity contribution >= 4 is 17.5 Å². The van der Waals surface area contributed by atoms with Crippen LogP contribution < -0.4 is 10.1 Å². The number of methoxy groups -OCH3 is 1. The van der Waals surface area contributed by atoms with E-state index >= 15 is 0 Å². The molecule has 110 valence electrons. The smallest absolute Gasteiger partial charge is 0.271 e. The third-order valence-electron chi connectivity index (χ3n) is 3.00. The van der Waals surface area contributed by atoms with E-state index in [4.69, 9.17) is 16.3 Å². The lowest BCUT2D eigenvalue weighted by atomic mass is 10.1. The fourth-order valence-electron chi connectivity index (χ4n) is 2.09. The van der Waals surface area contributed by atoms with E-state index in [0.29, 0.717) is 23.7 Å². The quantitative estimate of drug-likeness (QED) is 0.921. The van der Waals surface area contributed by atoms with Crippen LogP contribution in [0.1, 0.15) is 21.6 Å². The van der Waals surface area contributed by atoms with Crippen molar-refractivity contribution in [3.05, 3.63) is 52.6 Å². The van der Waals surface area contributed by atoms with Gasteiger partial charge in [0.05, 0.1) is 13.3 Å². The van der Waals surface area contributed by atoms with Crippen molar-refractivity contribution in [3.8, 4) is 5.75 Å². The first-order valence-electron chi connectivity index (χ1n) is 6.49. The Morgan fingerprint density at radius 2 is 2.19 bits per heavy atom. The molecule has 2 aromatic rings. The molecule has 2 rings (SSSR count). The third-order valence-corrected chi connectivity index (χ3v) is 3.21. The minimum Gasteiger partial charge on any atom is -0.496 e. The van der Waals surface area contributed by atoms with Crippen LogP contribution in [0.4, 0.5) is 0 Å². The second kappa shape index (κ2) is 7.04. The fourth-order valence-corrected chi connectivity index (χ4v) is 2.39. The molecule has 0 radical (unpaired) electrons. The van der Waals surface area contributed by atoms with Crippen molar-refractivity contribution in [3.63, 3.8) is 0 Å². The molecule has 0 aliphatic heterocycles. The lowest BCUT2D eigenvalue weighted by Crippen LogP contribution is -2.26. The maximum absolute atomic E-state index is 11.9. The second-order valence-corrected chi connectivity index (χ2v) is 4.95. The van der Waals surface area contributed by atoms with Crippen LogP contribution in [0.3, 0.4) is 0 Å². The Hall–Kier alpha value is -2.14. The molecule has 0 saturated heterocycles. The van der Waals surface area contributed by atoms with Crippen molar-refractivity contribution < 1.29 is 9.53 Å². The number of amides is 1. The Morgan fingerprint density at radius 1 is 1.38 bits per heavy atom. The minimum absolute atomic E-state index is 0.249. The molecule has 0 aliphatic rings.